The summed E-state index contributed by atoms with van der Waals surface area (Å²) in [5, 5.41) is 7.52. The molecule has 9 heteroatoms. The summed E-state index contributed by atoms with van der Waals surface area (Å²) in [5.41, 5.74) is 7.36. The lowest BCUT2D eigenvalue weighted by molar-refractivity contribution is -0.117. The molecule has 3 rings (SSSR count). The van der Waals surface area contributed by atoms with Gasteiger partial charge >= 0.3 is 0 Å². The van der Waals surface area contributed by atoms with Crippen LogP contribution in [0.15, 0.2) is 36.8 Å². The van der Waals surface area contributed by atoms with E-state index >= 15 is 0 Å². The summed E-state index contributed by atoms with van der Waals surface area (Å²) in [7, 11) is 0. The number of nitrogens with zero attached hydrogens (tertiary/aromatic N) is 3. The maximum atomic E-state index is 12.0. The third-order valence-corrected chi connectivity index (χ3v) is 4.36. The van der Waals surface area contributed by atoms with Crippen LogP contribution in [0.1, 0.15) is 21.5 Å². The van der Waals surface area contributed by atoms with Gasteiger partial charge in [-0.3, -0.25) is 9.59 Å². The molecule has 128 valence electrons. The van der Waals surface area contributed by atoms with Gasteiger partial charge in [0.1, 0.15) is 5.56 Å². The Balaban J connectivity index is 1.85. The molecular weight excluding hydrogens is 365 g/mol. The molecule has 2 amide bonds. The van der Waals surface area contributed by atoms with E-state index in [1.54, 1.807) is 18.5 Å². The Morgan fingerprint density at radius 1 is 1.24 bits per heavy atom. The smallest absolute Gasteiger partial charge is 0.257 e. The number of primary amides is 1. The molecule has 1 aromatic carbocycles. The number of benzene rings is 1. The molecule has 2 heterocycles. The van der Waals surface area contributed by atoms with Gasteiger partial charge in [0.2, 0.25) is 5.91 Å². The van der Waals surface area contributed by atoms with Crippen LogP contribution in [0.4, 0.5) is 0 Å². The molecule has 0 aliphatic carbocycles. The fraction of sp³-hybridized carbons (Fsp3) is 0.125. The lowest BCUT2D eigenvalue weighted by atomic mass is 10.1. The highest BCUT2D eigenvalue weighted by Gasteiger charge is 2.15. The van der Waals surface area contributed by atoms with Gasteiger partial charge in [-0.15, -0.1) is 0 Å². The van der Waals surface area contributed by atoms with Gasteiger partial charge in [-0.2, -0.15) is 5.10 Å². The highest BCUT2D eigenvalue weighted by atomic mass is 35.5. The molecule has 0 spiro atoms. The van der Waals surface area contributed by atoms with Crippen LogP contribution in [0.5, 0.6) is 0 Å². The lowest BCUT2D eigenvalue weighted by Gasteiger charge is -2.06. The summed E-state index contributed by atoms with van der Waals surface area (Å²) in [6.07, 6.45) is 5.30. The van der Waals surface area contributed by atoms with Gasteiger partial charge in [-0.1, -0.05) is 35.3 Å². The van der Waals surface area contributed by atoms with E-state index < -0.39 is 11.8 Å². The molecule has 7 nitrogen and oxygen atoms in total. The van der Waals surface area contributed by atoms with E-state index in [0.717, 1.165) is 11.1 Å². The largest absolute Gasteiger partial charge is 0.368 e. The van der Waals surface area contributed by atoms with E-state index in [1.807, 2.05) is 12.1 Å². The topological polar surface area (TPSA) is 102 Å². The third-order valence-electron chi connectivity index (χ3n) is 3.50. The summed E-state index contributed by atoms with van der Waals surface area (Å²) in [6.45, 7) is -0.248. The van der Waals surface area contributed by atoms with Crippen LogP contribution in [-0.2, 0) is 11.2 Å². The van der Waals surface area contributed by atoms with Gasteiger partial charge in [0.15, 0.2) is 5.65 Å². The molecular formula is C16H13Cl2N5O2. The Morgan fingerprint density at radius 3 is 2.80 bits per heavy atom. The van der Waals surface area contributed by atoms with Crippen LogP contribution < -0.4 is 11.1 Å². The third kappa shape index (κ3) is 3.72. The molecule has 0 bridgehead atoms. The Labute approximate surface area is 152 Å². The van der Waals surface area contributed by atoms with Crippen LogP contribution in [0.3, 0.4) is 0 Å². The molecule has 0 aliphatic rings. The van der Waals surface area contributed by atoms with Gasteiger partial charge in [-0.05, 0) is 17.2 Å². The number of nitrogens with two attached hydrogens (primary N) is 1. The van der Waals surface area contributed by atoms with Crippen LogP contribution in [0.2, 0.25) is 10.0 Å². The van der Waals surface area contributed by atoms with E-state index in [4.69, 9.17) is 28.9 Å². The van der Waals surface area contributed by atoms with Crippen LogP contribution in [0.25, 0.3) is 5.65 Å². The second-order valence-corrected chi connectivity index (χ2v) is 6.11. The second kappa shape index (κ2) is 7.08. The molecule has 0 saturated carbocycles. The molecule has 0 radical (unpaired) electrons. The summed E-state index contributed by atoms with van der Waals surface area (Å²) in [5.74, 6) is -1.09. The minimum Gasteiger partial charge on any atom is -0.368 e. The zero-order valence-electron chi connectivity index (χ0n) is 12.9. The Morgan fingerprint density at radius 2 is 2.04 bits per heavy atom. The zero-order valence-corrected chi connectivity index (χ0v) is 14.4. The summed E-state index contributed by atoms with van der Waals surface area (Å²) in [4.78, 5) is 27.1. The predicted molar refractivity (Wildman–Crippen MR) is 93.8 cm³/mol. The highest BCUT2D eigenvalue weighted by Crippen LogP contribution is 2.27. The fourth-order valence-corrected chi connectivity index (χ4v) is 2.72. The molecule has 0 fully saturated rings. The number of hydrogen-bond donors (Lipinski definition) is 2. The van der Waals surface area contributed by atoms with Gasteiger partial charge in [-0.25, -0.2) is 9.50 Å². The molecule has 3 N–H and O–H groups in total. The van der Waals surface area contributed by atoms with Gasteiger partial charge in [0.05, 0.1) is 22.8 Å². The number of rotatable bonds is 5. The SMILES string of the molecule is NC(=O)CNC(=O)c1cnn2cc(Cc3cccc(Cl)c3Cl)cnc12. The van der Waals surface area contributed by atoms with Crippen molar-refractivity contribution in [2.24, 2.45) is 5.73 Å². The quantitative estimate of drug-likeness (QED) is 0.707. The number of amides is 2. The molecule has 25 heavy (non-hydrogen) atoms. The standard InChI is InChI=1S/C16H13Cl2N5O2/c17-12-3-1-2-10(14(12)18)4-9-5-20-15-11(6-22-23(15)8-9)16(25)21-7-13(19)24/h1-3,5-6,8H,4,7H2,(H2,19,24)(H,21,25). The van der Waals surface area contributed by atoms with Crippen molar-refractivity contribution in [3.8, 4) is 0 Å². The van der Waals surface area contributed by atoms with Crippen LogP contribution >= 0.6 is 23.2 Å². The Kier molecular flexibility index (Phi) is 4.87. The normalized spacial score (nSPS) is 10.8. The van der Waals surface area contributed by atoms with Crippen molar-refractivity contribution in [3.05, 3.63) is 63.5 Å². The monoisotopic (exact) mass is 377 g/mol. The van der Waals surface area contributed by atoms with E-state index in [-0.39, 0.29) is 12.1 Å². The maximum Gasteiger partial charge on any atom is 0.257 e. The van der Waals surface area contributed by atoms with E-state index in [2.05, 4.69) is 15.4 Å². The van der Waals surface area contributed by atoms with Crippen LogP contribution in [-0.4, -0.2) is 33.0 Å². The van der Waals surface area contributed by atoms with Crippen molar-refractivity contribution in [3.63, 3.8) is 0 Å². The summed E-state index contributed by atoms with van der Waals surface area (Å²) < 4.78 is 1.49. The Bertz CT molecular complexity index is 970. The van der Waals surface area contributed by atoms with Crippen molar-refractivity contribution in [2.75, 3.05) is 6.54 Å². The van der Waals surface area contributed by atoms with Crippen LogP contribution in [0, 0.1) is 0 Å². The van der Waals surface area contributed by atoms with Crippen molar-refractivity contribution in [2.45, 2.75) is 6.42 Å². The number of halogens is 2. The molecule has 2 aromatic heterocycles. The molecule has 0 saturated heterocycles. The van der Waals surface area contributed by atoms with Gasteiger partial charge < -0.3 is 11.1 Å². The zero-order chi connectivity index (χ0) is 18.0. The Hall–Kier alpha value is -2.64. The predicted octanol–water partition coefficient (Wildman–Crippen LogP) is 1.84. The van der Waals surface area contributed by atoms with Crippen molar-refractivity contribution >= 4 is 40.7 Å². The number of fused-ring (bicyclic) bond motifs is 1. The van der Waals surface area contributed by atoms with Crippen molar-refractivity contribution in [1.82, 2.24) is 19.9 Å². The van der Waals surface area contributed by atoms with Gasteiger partial charge in [0.25, 0.3) is 5.91 Å². The number of hydrogen-bond acceptors (Lipinski definition) is 4. The summed E-state index contributed by atoms with van der Waals surface area (Å²) >= 11 is 12.2. The highest BCUT2D eigenvalue weighted by molar-refractivity contribution is 6.42. The van der Waals surface area contributed by atoms with E-state index in [9.17, 15) is 9.59 Å². The fourth-order valence-electron chi connectivity index (χ4n) is 2.33. The summed E-state index contributed by atoms with van der Waals surface area (Å²) in [6, 6.07) is 5.42. The minimum absolute atomic E-state index is 0.248. The lowest BCUT2D eigenvalue weighted by Crippen LogP contribution is -2.33. The van der Waals surface area contributed by atoms with E-state index in [1.165, 1.54) is 10.7 Å². The number of carbonyl (C=O) groups excluding carboxylic acids is 2. The van der Waals surface area contributed by atoms with Gasteiger partial charge in [0, 0.05) is 18.8 Å². The molecule has 0 atom stereocenters. The van der Waals surface area contributed by atoms with Crippen molar-refractivity contribution in [1.29, 1.82) is 0 Å². The average molecular weight is 378 g/mol. The molecule has 0 aliphatic heterocycles. The first kappa shape index (κ1) is 17.2. The molecule has 3 aromatic rings. The van der Waals surface area contributed by atoms with Crippen molar-refractivity contribution < 1.29 is 9.59 Å². The first-order valence-electron chi connectivity index (χ1n) is 7.27. The van der Waals surface area contributed by atoms with E-state index in [0.29, 0.717) is 22.1 Å². The number of nitrogens with one attached hydrogen (secondary N) is 1. The molecule has 0 unspecified atom stereocenters. The first-order valence-corrected chi connectivity index (χ1v) is 8.03. The first-order chi connectivity index (χ1) is 12.0. The minimum atomic E-state index is -0.626. The number of aromatic nitrogens is 3. The second-order valence-electron chi connectivity index (χ2n) is 5.33. The maximum absolute atomic E-state index is 12.0. The average Bonchev–Trinajstić information content (AvgIpc) is 3.00. The number of carbonyl (C=O) groups is 2.